The molecule has 2 aromatic carbocycles. The molecule has 0 saturated heterocycles. The monoisotopic (exact) mass is 256 g/mol. The number of rotatable bonds is 5. The lowest BCUT2D eigenvalue weighted by Crippen LogP contribution is -2.05. The first-order chi connectivity index (χ1) is 9.15. The van der Waals surface area contributed by atoms with Gasteiger partial charge in [-0.05, 0) is 42.2 Å². The summed E-state index contributed by atoms with van der Waals surface area (Å²) in [4.78, 5) is 11.9. The van der Waals surface area contributed by atoms with Gasteiger partial charge in [-0.15, -0.1) is 0 Å². The van der Waals surface area contributed by atoms with Gasteiger partial charge in [0.2, 0.25) is 0 Å². The van der Waals surface area contributed by atoms with Crippen LogP contribution in [-0.2, 0) is 17.6 Å². The summed E-state index contributed by atoms with van der Waals surface area (Å²) in [6.45, 7) is 2.06. The van der Waals surface area contributed by atoms with Gasteiger partial charge in [-0.1, -0.05) is 36.4 Å². The third kappa shape index (κ3) is 4.02. The molecule has 0 amide bonds. The van der Waals surface area contributed by atoms with E-state index in [0.717, 1.165) is 12.0 Å². The van der Waals surface area contributed by atoms with Crippen molar-refractivity contribution >= 4 is 5.78 Å². The topological polar surface area (TPSA) is 17.1 Å². The van der Waals surface area contributed by atoms with Crippen molar-refractivity contribution in [3.8, 4) is 0 Å². The van der Waals surface area contributed by atoms with Crippen LogP contribution in [-0.4, -0.2) is 5.78 Å². The Bertz CT molecular complexity index is 558. The van der Waals surface area contributed by atoms with Gasteiger partial charge in [-0.3, -0.25) is 4.79 Å². The van der Waals surface area contributed by atoms with Crippen molar-refractivity contribution in [2.45, 2.75) is 26.2 Å². The third-order valence-electron chi connectivity index (χ3n) is 3.25. The number of benzene rings is 2. The molecule has 0 aliphatic heterocycles. The van der Waals surface area contributed by atoms with Crippen LogP contribution in [0, 0.1) is 12.7 Å². The Hall–Kier alpha value is -1.96. The molecule has 0 unspecified atom stereocenters. The first kappa shape index (κ1) is 13.5. The van der Waals surface area contributed by atoms with Gasteiger partial charge in [0.05, 0.1) is 0 Å². The van der Waals surface area contributed by atoms with Gasteiger partial charge >= 0.3 is 0 Å². The van der Waals surface area contributed by atoms with Gasteiger partial charge in [0.25, 0.3) is 0 Å². The third-order valence-corrected chi connectivity index (χ3v) is 3.25. The maximum Gasteiger partial charge on any atom is 0.137 e. The number of carbonyl (C=O) groups is 1. The number of ketones is 1. The predicted octanol–water partition coefficient (Wildman–Crippen LogP) is 3.88. The lowest BCUT2D eigenvalue weighted by atomic mass is 10.00. The van der Waals surface area contributed by atoms with Gasteiger partial charge in [-0.2, -0.15) is 0 Å². The average molecular weight is 256 g/mol. The van der Waals surface area contributed by atoms with Crippen LogP contribution >= 0.6 is 0 Å². The minimum Gasteiger partial charge on any atom is -0.299 e. The second-order valence-corrected chi connectivity index (χ2v) is 4.77. The number of hydrogen-bond acceptors (Lipinski definition) is 1. The molecule has 0 aliphatic carbocycles. The van der Waals surface area contributed by atoms with Crippen LogP contribution in [0.5, 0.6) is 0 Å². The highest BCUT2D eigenvalue weighted by molar-refractivity contribution is 5.81. The summed E-state index contributed by atoms with van der Waals surface area (Å²) in [5.41, 5.74) is 3.31. The van der Waals surface area contributed by atoms with E-state index in [-0.39, 0.29) is 11.6 Å². The number of Topliss-reactive ketones (excluding diaryl/α,β-unsaturated/α-hetero) is 1. The molecular weight excluding hydrogens is 239 g/mol. The molecule has 0 aliphatic rings. The second kappa shape index (κ2) is 6.28. The van der Waals surface area contributed by atoms with Crippen molar-refractivity contribution in [3.63, 3.8) is 0 Å². The molecule has 0 radical (unpaired) electrons. The standard InChI is InChI=1S/C17H17FO/c1-13-4-2-3-5-15(13)8-11-17(19)12-14-6-9-16(18)10-7-14/h2-7,9-10H,8,11-12H2,1H3. The molecule has 0 spiro atoms. The van der Waals surface area contributed by atoms with Crippen LogP contribution in [0.2, 0.25) is 0 Å². The molecular formula is C17H17FO. The van der Waals surface area contributed by atoms with Crippen LogP contribution < -0.4 is 0 Å². The Labute approximate surface area is 113 Å². The summed E-state index contributed by atoms with van der Waals surface area (Å²) in [5, 5.41) is 0. The molecule has 0 saturated carbocycles. The number of hydrogen-bond donors (Lipinski definition) is 0. The number of aryl methyl sites for hydroxylation is 2. The molecule has 2 rings (SSSR count). The maximum absolute atomic E-state index is 12.8. The lowest BCUT2D eigenvalue weighted by Gasteiger charge is -2.05. The second-order valence-electron chi connectivity index (χ2n) is 4.77. The smallest absolute Gasteiger partial charge is 0.137 e. The van der Waals surface area contributed by atoms with Crippen LogP contribution in [0.15, 0.2) is 48.5 Å². The van der Waals surface area contributed by atoms with Gasteiger partial charge in [0, 0.05) is 12.8 Å². The van der Waals surface area contributed by atoms with E-state index in [1.54, 1.807) is 12.1 Å². The van der Waals surface area contributed by atoms with Gasteiger partial charge in [0.15, 0.2) is 0 Å². The highest BCUT2D eigenvalue weighted by Gasteiger charge is 2.05. The SMILES string of the molecule is Cc1ccccc1CCC(=O)Cc1ccc(F)cc1. The minimum absolute atomic E-state index is 0.190. The Morgan fingerprint density at radius 2 is 1.74 bits per heavy atom. The summed E-state index contributed by atoms with van der Waals surface area (Å²) in [7, 11) is 0. The molecule has 0 aromatic heterocycles. The van der Waals surface area contributed by atoms with Gasteiger partial charge in [-0.25, -0.2) is 4.39 Å². The van der Waals surface area contributed by atoms with Crippen LogP contribution in [0.3, 0.4) is 0 Å². The van der Waals surface area contributed by atoms with E-state index >= 15 is 0 Å². The van der Waals surface area contributed by atoms with E-state index in [0.29, 0.717) is 12.8 Å². The molecule has 2 heteroatoms. The van der Waals surface area contributed by atoms with E-state index in [4.69, 9.17) is 0 Å². The Morgan fingerprint density at radius 3 is 2.42 bits per heavy atom. The molecule has 98 valence electrons. The summed E-state index contributed by atoms with van der Waals surface area (Å²) < 4.78 is 12.8. The summed E-state index contributed by atoms with van der Waals surface area (Å²) >= 11 is 0. The van der Waals surface area contributed by atoms with Crippen molar-refractivity contribution in [1.29, 1.82) is 0 Å². The number of halogens is 1. The quantitative estimate of drug-likeness (QED) is 0.793. The van der Waals surface area contributed by atoms with E-state index in [1.807, 2.05) is 12.1 Å². The molecule has 0 fully saturated rings. The van der Waals surface area contributed by atoms with Crippen LogP contribution in [0.25, 0.3) is 0 Å². The Morgan fingerprint density at radius 1 is 1.05 bits per heavy atom. The van der Waals surface area contributed by atoms with Gasteiger partial charge in [0.1, 0.15) is 11.6 Å². The summed E-state index contributed by atoms with van der Waals surface area (Å²) in [5.74, 6) is -0.0778. The largest absolute Gasteiger partial charge is 0.299 e. The molecule has 0 heterocycles. The number of carbonyl (C=O) groups excluding carboxylic acids is 1. The Balaban J connectivity index is 1.88. The predicted molar refractivity (Wildman–Crippen MR) is 74.6 cm³/mol. The molecule has 0 bridgehead atoms. The zero-order valence-corrected chi connectivity index (χ0v) is 11.0. The molecule has 0 N–H and O–H groups in total. The normalized spacial score (nSPS) is 10.4. The first-order valence-electron chi connectivity index (χ1n) is 6.46. The van der Waals surface area contributed by atoms with Crippen LogP contribution in [0.4, 0.5) is 4.39 Å². The molecule has 0 atom stereocenters. The molecule has 2 aromatic rings. The van der Waals surface area contributed by atoms with E-state index < -0.39 is 0 Å². The van der Waals surface area contributed by atoms with Crippen molar-refractivity contribution in [3.05, 3.63) is 71.0 Å². The first-order valence-corrected chi connectivity index (χ1v) is 6.46. The van der Waals surface area contributed by atoms with Crippen molar-refractivity contribution in [1.82, 2.24) is 0 Å². The zero-order valence-electron chi connectivity index (χ0n) is 11.0. The zero-order chi connectivity index (χ0) is 13.7. The fourth-order valence-electron chi connectivity index (χ4n) is 2.08. The highest BCUT2D eigenvalue weighted by atomic mass is 19.1. The average Bonchev–Trinajstić information content (AvgIpc) is 2.40. The maximum atomic E-state index is 12.8. The molecule has 1 nitrogen and oxygen atoms in total. The van der Waals surface area contributed by atoms with Crippen molar-refractivity contribution < 1.29 is 9.18 Å². The van der Waals surface area contributed by atoms with Crippen LogP contribution in [0.1, 0.15) is 23.1 Å². The van der Waals surface area contributed by atoms with Crippen molar-refractivity contribution in [2.75, 3.05) is 0 Å². The highest BCUT2D eigenvalue weighted by Crippen LogP contribution is 2.11. The summed E-state index contributed by atoms with van der Waals surface area (Å²) in [6, 6.07) is 14.2. The van der Waals surface area contributed by atoms with E-state index in [2.05, 4.69) is 19.1 Å². The summed E-state index contributed by atoms with van der Waals surface area (Å²) in [6.07, 6.45) is 1.68. The van der Waals surface area contributed by atoms with Crippen molar-refractivity contribution in [2.24, 2.45) is 0 Å². The lowest BCUT2D eigenvalue weighted by molar-refractivity contribution is -0.118. The fraction of sp³-hybridized carbons (Fsp3) is 0.235. The van der Waals surface area contributed by atoms with Gasteiger partial charge < -0.3 is 0 Å². The van der Waals surface area contributed by atoms with E-state index in [1.165, 1.54) is 23.3 Å². The Kier molecular flexibility index (Phi) is 4.45. The fourth-order valence-corrected chi connectivity index (χ4v) is 2.08. The van der Waals surface area contributed by atoms with E-state index in [9.17, 15) is 9.18 Å². The molecule has 19 heavy (non-hydrogen) atoms. The minimum atomic E-state index is -0.267.